The molecule has 2 unspecified atom stereocenters. The number of methoxy groups -OCH3 is 1. The molecule has 0 saturated carbocycles. The van der Waals surface area contributed by atoms with Crippen LogP contribution in [0, 0.1) is 17.2 Å². The van der Waals surface area contributed by atoms with Gasteiger partial charge in [0, 0.05) is 7.11 Å². The van der Waals surface area contributed by atoms with Crippen LogP contribution in [-0.4, -0.2) is 24.9 Å². The Morgan fingerprint density at radius 2 is 2.30 bits per heavy atom. The van der Waals surface area contributed by atoms with Crippen molar-refractivity contribution < 1.29 is 9.84 Å². The fourth-order valence-corrected chi connectivity index (χ4v) is 0.665. The van der Waals surface area contributed by atoms with Crippen molar-refractivity contribution in [3.8, 4) is 6.07 Å². The van der Waals surface area contributed by atoms with Crippen molar-refractivity contribution in [3.05, 3.63) is 0 Å². The van der Waals surface area contributed by atoms with Gasteiger partial charge in [-0.25, -0.2) is 0 Å². The van der Waals surface area contributed by atoms with Crippen LogP contribution in [0.5, 0.6) is 0 Å². The summed E-state index contributed by atoms with van der Waals surface area (Å²) in [6.07, 6.45) is 0.653. The van der Waals surface area contributed by atoms with Crippen molar-refractivity contribution in [3.63, 3.8) is 0 Å². The minimum atomic E-state index is -0.282. The molecule has 0 aromatic heterocycles. The van der Waals surface area contributed by atoms with E-state index in [1.165, 1.54) is 0 Å². The number of nitriles is 1. The van der Waals surface area contributed by atoms with Crippen molar-refractivity contribution >= 4 is 0 Å². The van der Waals surface area contributed by atoms with E-state index in [0.29, 0.717) is 6.42 Å². The molecule has 0 spiro atoms. The topological polar surface area (TPSA) is 53.2 Å². The highest BCUT2D eigenvalue weighted by Crippen LogP contribution is 2.06. The predicted molar refractivity (Wildman–Crippen MR) is 37.3 cm³/mol. The lowest BCUT2D eigenvalue weighted by Crippen LogP contribution is -2.13. The largest absolute Gasteiger partial charge is 0.395 e. The first-order chi connectivity index (χ1) is 4.74. The molecule has 0 bridgehead atoms. The summed E-state index contributed by atoms with van der Waals surface area (Å²) in [5, 5.41) is 17.0. The van der Waals surface area contributed by atoms with Gasteiger partial charge in [-0.05, 0) is 13.3 Å². The Morgan fingerprint density at radius 3 is 2.60 bits per heavy atom. The second-order valence-electron chi connectivity index (χ2n) is 2.29. The van der Waals surface area contributed by atoms with Crippen LogP contribution >= 0.6 is 0 Å². The van der Waals surface area contributed by atoms with Crippen LogP contribution in [0.2, 0.25) is 0 Å². The molecule has 1 N–H and O–H groups in total. The molecule has 0 aromatic rings. The van der Waals surface area contributed by atoms with Crippen LogP contribution in [0.15, 0.2) is 0 Å². The molecule has 0 aromatic carbocycles. The molecular formula is C7H13NO2. The second kappa shape index (κ2) is 5.21. The fraction of sp³-hybridized carbons (Fsp3) is 0.857. The molecule has 0 aliphatic carbocycles. The number of nitrogens with zero attached hydrogens (tertiary/aromatic N) is 1. The number of ether oxygens (including phenoxy) is 1. The van der Waals surface area contributed by atoms with Gasteiger partial charge >= 0.3 is 0 Å². The number of hydrogen-bond acceptors (Lipinski definition) is 3. The van der Waals surface area contributed by atoms with E-state index in [0.717, 1.165) is 0 Å². The van der Waals surface area contributed by atoms with Crippen LogP contribution in [0.4, 0.5) is 0 Å². The molecule has 0 aliphatic heterocycles. The summed E-state index contributed by atoms with van der Waals surface area (Å²) in [7, 11) is 1.59. The maximum atomic E-state index is 8.59. The van der Waals surface area contributed by atoms with Gasteiger partial charge in [-0.2, -0.15) is 5.26 Å². The first-order valence-corrected chi connectivity index (χ1v) is 3.27. The van der Waals surface area contributed by atoms with Gasteiger partial charge in [-0.3, -0.25) is 0 Å². The highest BCUT2D eigenvalue weighted by Gasteiger charge is 2.09. The van der Waals surface area contributed by atoms with E-state index >= 15 is 0 Å². The Balaban J connectivity index is 3.54. The zero-order chi connectivity index (χ0) is 7.98. The van der Waals surface area contributed by atoms with Gasteiger partial charge in [0.25, 0.3) is 0 Å². The fourth-order valence-electron chi connectivity index (χ4n) is 0.665. The minimum Gasteiger partial charge on any atom is -0.395 e. The molecule has 0 aliphatic rings. The van der Waals surface area contributed by atoms with Crippen molar-refractivity contribution in [2.24, 2.45) is 5.92 Å². The lowest BCUT2D eigenvalue weighted by Gasteiger charge is -2.10. The quantitative estimate of drug-likeness (QED) is 0.625. The van der Waals surface area contributed by atoms with Gasteiger partial charge in [-0.1, -0.05) is 0 Å². The monoisotopic (exact) mass is 143 g/mol. The van der Waals surface area contributed by atoms with Crippen molar-refractivity contribution in [1.82, 2.24) is 0 Å². The van der Waals surface area contributed by atoms with Crippen molar-refractivity contribution in [2.75, 3.05) is 13.7 Å². The molecule has 0 heterocycles. The molecule has 0 saturated heterocycles. The Hall–Kier alpha value is -0.590. The predicted octanol–water partition coefficient (Wildman–Crippen LogP) is 0.543. The normalized spacial score (nSPS) is 15.8. The molecule has 3 nitrogen and oxygen atoms in total. The molecule has 2 atom stereocenters. The Morgan fingerprint density at radius 1 is 1.70 bits per heavy atom. The van der Waals surface area contributed by atoms with Gasteiger partial charge in [0.15, 0.2) is 0 Å². The Kier molecular flexibility index (Phi) is 4.91. The molecule has 3 heteroatoms. The Labute approximate surface area is 61.2 Å². The molecule has 58 valence electrons. The highest BCUT2D eigenvalue weighted by atomic mass is 16.5. The van der Waals surface area contributed by atoms with Gasteiger partial charge in [0.1, 0.15) is 0 Å². The van der Waals surface area contributed by atoms with E-state index in [1.54, 1.807) is 7.11 Å². The molecule has 10 heavy (non-hydrogen) atoms. The maximum Gasteiger partial charge on any atom is 0.0719 e. The molecular weight excluding hydrogens is 130 g/mol. The summed E-state index contributed by atoms with van der Waals surface area (Å²) < 4.78 is 4.92. The Bertz CT molecular complexity index is 119. The van der Waals surface area contributed by atoms with Crippen LogP contribution in [0.1, 0.15) is 13.3 Å². The van der Waals surface area contributed by atoms with E-state index in [-0.39, 0.29) is 18.6 Å². The molecule has 0 rings (SSSR count). The van der Waals surface area contributed by atoms with Crippen LogP contribution < -0.4 is 0 Å². The summed E-state index contributed by atoms with van der Waals surface area (Å²) in [5.41, 5.74) is 0. The van der Waals surface area contributed by atoms with E-state index in [9.17, 15) is 0 Å². The third kappa shape index (κ3) is 3.44. The average Bonchev–Trinajstić information content (AvgIpc) is 1.99. The average molecular weight is 143 g/mol. The third-order valence-corrected chi connectivity index (χ3v) is 1.42. The van der Waals surface area contributed by atoms with Crippen LogP contribution in [-0.2, 0) is 4.74 Å². The van der Waals surface area contributed by atoms with Gasteiger partial charge in [0.05, 0.1) is 24.7 Å². The number of hydrogen-bond donors (Lipinski definition) is 1. The number of rotatable bonds is 4. The van der Waals surface area contributed by atoms with Gasteiger partial charge in [0.2, 0.25) is 0 Å². The smallest absolute Gasteiger partial charge is 0.0719 e. The SMILES string of the molecule is COC(C)CC(C#N)CO. The molecule has 0 amide bonds. The van der Waals surface area contributed by atoms with Crippen LogP contribution in [0.3, 0.4) is 0 Å². The lowest BCUT2D eigenvalue weighted by atomic mass is 10.1. The standard InChI is InChI=1S/C7H13NO2/c1-6(10-2)3-7(4-8)5-9/h6-7,9H,3,5H2,1-2H3. The lowest BCUT2D eigenvalue weighted by molar-refractivity contribution is 0.0913. The minimum absolute atomic E-state index is 0.0526. The molecule has 0 radical (unpaired) electrons. The van der Waals surface area contributed by atoms with E-state index in [4.69, 9.17) is 15.1 Å². The first kappa shape index (κ1) is 9.41. The zero-order valence-electron chi connectivity index (χ0n) is 6.37. The summed E-state index contributed by atoms with van der Waals surface area (Å²) in [6.45, 7) is 1.80. The number of aliphatic hydroxyl groups excluding tert-OH is 1. The van der Waals surface area contributed by atoms with Gasteiger partial charge < -0.3 is 9.84 Å². The van der Waals surface area contributed by atoms with E-state index in [2.05, 4.69) is 0 Å². The van der Waals surface area contributed by atoms with Crippen LogP contribution in [0.25, 0.3) is 0 Å². The van der Waals surface area contributed by atoms with Crippen molar-refractivity contribution in [1.29, 1.82) is 5.26 Å². The second-order valence-corrected chi connectivity index (χ2v) is 2.29. The summed E-state index contributed by atoms with van der Waals surface area (Å²) in [5.74, 6) is -0.282. The summed E-state index contributed by atoms with van der Waals surface area (Å²) >= 11 is 0. The van der Waals surface area contributed by atoms with Crippen molar-refractivity contribution in [2.45, 2.75) is 19.4 Å². The maximum absolute atomic E-state index is 8.59. The van der Waals surface area contributed by atoms with E-state index in [1.807, 2.05) is 13.0 Å². The highest BCUT2D eigenvalue weighted by molar-refractivity contribution is 4.83. The summed E-state index contributed by atoms with van der Waals surface area (Å²) in [6, 6.07) is 1.99. The van der Waals surface area contributed by atoms with E-state index < -0.39 is 0 Å². The summed E-state index contributed by atoms with van der Waals surface area (Å²) in [4.78, 5) is 0. The zero-order valence-corrected chi connectivity index (χ0v) is 6.37. The third-order valence-electron chi connectivity index (χ3n) is 1.42. The number of aliphatic hydroxyl groups is 1. The first-order valence-electron chi connectivity index (χ1n) is 3.27. The van der Waals surface area contributed by atoms with Gasteiger partial charge in [-0.15, -0.1) is 0 Å². The molecule has 0 fully saturated rings.